The molecule has 0 unspecified atom stereocenters. The molecule has 0 fully saturated rings. The van der Waals surface area contributed by atoms with Gasteiger partial charge in [-0.05, 0) is 22.6 Å². The lowest BCUT2D eigenvalue weighted by molar-refractivity contribution is 0.0950. The third kappa shape index (κ3) is 3.69. The molecule has 0 aliphatic carbocycles. The van der Waals surface area contributed by atoms with Crippen LogP contribution in [0.4, 0.5) is 4.39 Å². The smallest absolute Gasteiger partial charge is 0.269 e. The Morgan fingerprint density at radius 3 is 3.07 bits per heavy atom. The fourth-order valence-electron chi connectivity index (χ4n) is 2.48. The molecule has 0 bridgehead atoms. The first-order valence-corrected chi connectivity index (χ1v) is 9.84. The van der Waals surface area contributed by atoms with Crippen LogP contribution < -0.4 is 5.32 Å². The Morgan fingerprint density at radius 1 is 1.41 bits per heavy atom. The second kappa shape index (κ2) is 7.45. The molecule has 1 amide bonds. The van der Waals surface area contributed by atoms with Gasteiger partial charge in [-0.1, -0.05) is 23.9 Å². The molecular formula is C16H14FN7OS2. The second-order valence-corrected chi connectivity index (χ2v) is 7.50. The average molecular weight is 403 g/mol. The number of benzene rings is 1. The summed E-state index contributed by atoms with van der Waals surface area (Å²) in [7, 11) is 1.76. The zero-order valence-corrected chi connectivity index (χ0v) is 15.8. The fourth-order valence-corrected chi connectivity index (χ4v) is 4.03. The van der Waals surface area contributed by atoms with E-state index in [9.17, 15) is 9.18 Å². The Balaban J connectivity index is 1.43. The Bertz CT molecular complexity index is 1100. The van der Waals surface area contributed by atoms with Gasteiger partial charge in [-0.25, -0.2) is 14.1 Å². The molecule has 27 heavy (non-hydrogen) atoms. The van der Waals surface area contributed by atoms with Crippen molar-refractivity contribution in [2.75, 3.05) is 12.3 Å². The van der Waals surface area contributed by atoms with Crippen molar-refractivity contribution >= 4 is 34.0 Å². The Labute approximate surface area is 161 Å². The summed E-state index contributed by atoms with van der Waals surface area (Å²) in [6.07, 6.45) is 1.75. The van der Waals surface area contributed by atoms with Gasteiger partial charge in [0, 0.05) is 36.5 Å². The molecule has 1 aromatic carbocycles. The molecule has 0 saturated heterocycles. The van der Waals surface area contributed by atoms with Crippen LogP contribution in [0.1, 0.15) is 10.5 Å². The first-order valence-electron chi connectivity index (χ1n) is 7.98. The summed E-state index contributed by atoms with van der Waals surface area (Å²) in [4.78, 5) is 17.6. The third-order valence-electron chi connectivity index (χ3n) is 3.76. The molecule has 0 aliphatic rings. The van der Waals surface area contributed by atoms with E-state index in [2.05, 4.69) is 25.8 Å². The number of imidazole rings is 1. The van der Waals surface area contributed by atoms with Gasteiger partial charge in [0.1, 0.15) is 11.5 Å². The highest BCUT2D eigenvalue weighted by Gasteiger charge is 2.15. The summed E-state index contributed by atoms with van der Waals surface area (Å²) in [6, 6.07) is 6.23. The number of tetrazole rings is 1. The molecule has 11 heteroatoms. The molecule has 3 aromatic heterocycles. The van der Waals surface area contributed by atoms with E-state index in [1.54, 1.807) is 39.8 Å². The van der Waals surface area contributed by atoms with Crippen LogP contribution in [-0.2, 0) is 7.05 Å². The van der Waals surface area contributed by atoms with Crippen LogP contribution >= 0.6 is 23.1 Å². The monoisotopic (exact) mass is 403 g/mol. The summed E-state index contributed by atoms with van der Waals surface area (Å²) in [5, 5.41) is 16.5. The van der Waals surface area contributed by atoms with E-state index in [-0.39, 0.29) is 11.7 Å². The molecular weight excluding hydrogens is 389 g/mol. The van der Waals surface area contributed by atoms with Gasteiger partial charge in [0.05, 0.1) is 5.69 Å². The number of nitrogens with one attached hydrogen (secondary N) is 1. The predicted octanol–water partition coefficient (Wildman–Crippen LogP) is 2.25. The third-order valence-corrected chi connectivity index (χ3v) is 5.61. The number of hydrogen-bond acceptors (Lipinski definition) is 7. The van der Waals surface area contributed by atoms with Gasteiger partial charge < -0.3 is 5.32 Å². The quantitative estimate of drug-likeness (QED) is 0.392. The van der Waals surface area contributed by atoms with Crippen molar-refractivity contribution < 1.29 is 9.18 Å². The van der Waals surface area contributed by atoms with Gasteiger partial charge in [0.2, 0.25) is 5.16 Å². The molecule has 0 radical (unpaired) electrons. The lowest BCUT2D eigenvalue weighted by Gasteiger charge is -2.03. The zero-order valence-electron chi connectivity index (χ0n) is 14.2. The highest BCUT2D eigenvalue weighted by molar-refractivity contribution is 7.99. The Kier molecular flexibility index (Phi) is 4.86. The summed E-state index contributed by atoms with van der Waals surface area (Å²) in [5.74, 6) is 0.129. The van der Waals surface area contributed by atoms with E-state index in [1.807, 2.05) is 0 Å². The number of amides is 1. The number of aryl methyl sites for hydroxylation is 1. The number of rotatable bonds is 6. The van der Waals surface area contributed by atoms with Crippen molar-refractivity contribution in [3.8, 4) is 11.3 Å². The normalized spacial score (nSPS) is 11.2. The number of thiazole rings is 1. The first kappa shape index (κ1) is 17.6. The van der Waals surface area contributed by atoms with Crippen molar-refractivity contribution in [1.82, 2.24) is 34.9 Å². The molecule has 8 nitrogen and oxygen atoms in total. The van der Waals surface area contributed by atoms with Crippen molar-refractivity contribution in [1.29, 1.82) is 0 Å². The van der Waals surface area contributed by atoms with Crippen LogP contribution in [0.15, 0.2) is 41.0 Å². The van der Waals surface area contributed by atoms with Crippen molar-refractivity contribution in [2.45, 2.75) is 5.16 Å². The molecule has 0 saturated carbocycles. The van der Waals surface area contributed by atoms with E-state index in [4.69, 9.17) is 0 Å². The van der Waals surface area contributed by atoms with Crippen LogP contribution in [-0.4, -0.2) is 47.8 Å². The number of nitrogens with zero attached hydrogens (tertiary/aromatic N) is 6. The van der Waals surface area contributed by atoms with Crippen molar-refractivity contribution in [3.05, 3.63) is 47.4 Å². The minimum absolute atomic E-state index is 0.193. The van der Waals surface area contributed by atoms with Crippen molar-refractivity contribution in [3.63, 3.8) is 0 Å². The van der Waals surface area contributed by atoms with E-state index in [0.717, 1.165) is 0 Å². The van der Waals surface area contributed by atoms with Gasteiger partial charge in [0.15, 0.2) is 4.96 Å². The lowest BCUT2D eigenvalue weighted by atomic mass is 10.2. The van der Waals surface area contributed by atoms with Gasteiger partial charge in [-0.3, -0.25) is 9.20 Å². The number of halogens is 1. The van der Waals surface area contributed by atoms with E-state index < -0.39 is 0 Å². The van der Waals surface area contributed by atoms with E-state index >= 15 is 0 Å². The summed E-state index contributed by atoms with van der Waals surface area (Å²) < 4.78 is 16.7. The Hall–Kier alpha value is -2.79. The zero-order chi connectivity index (χ0) is 18.8. The minimum Gasteiger partial charge on any atom is -0.350 e. The van der Waals surface area contributed by atoms with Crippen LogP contribution in [0.2, 0.25) is 0 Å². The minimum atomic E-state index is -0.322. The first-order chi connectivity index (χ1) is 13.1. The molecule has 0 atom stereocenters. The summed E-state index contributed by atoms with van der Waals surface area (Å²) >= 11 is 2.82. The highest BCUT2D eigenvalue weighted by atomic mass is 32.2. The maximum atomic E-state index is 13.4. The maximum absolute atomic E-state index is 13.4. The average Bonchev–Trinajstić information content (AvgIpc) is 3.34. The molecule has 4 aromatic rings. The molecule has 1 N–H and O–H groups in total. The molecule has 0 aliphatic heterocycles. The van der Waals surface area contributed by atoms with Crippen LogP contribution in [0.25, 0.3) is 16.2 Å². The second-order valence-electron chi connectivity index (χ2n) is 5.60. The highest BCUT2D eigenvalue weighted by Crippen LogP contribution is 2.24. The SMILES string of the molecule is Cn1nnnc1SCCNC(=O)c1csc2nc(-c3cccc(F)c3)cn12. The molecule has 0 spiro atoms. The van der Waals surface area contributed by atoms with Gasteiger partial charge in [0.25, 0.3) is 5.91 Å². The molecule has 3 heterocycles. The number of carbonyl (C=O) groups excluding carboxylic acids is 1. The van der Waals surface area contributed by atoms with Gasteiger partial charge in [-0.15, -0.1) is 16.4 Å². The number of carbonyl (C=O) groups is 1. The number of aromatic nitrogens is 6. The van der Waals surface area contributed by atoms with E-state index in [1.165, 1.54) is 35.2 Å². The number of thioether (sulfide) groups is 1. The Morgan fingerprint density at radius 2 is 2.30 bits per heavy atom. The lowest BCUT2D eigenvalue weighted by Crippen LogP contribution is -2.26. The summed E-state index contributed by atoms with van der Waals surface area (Å²) in [6.45, 7) is 0.471. The van der Waals surface area contributed by atoms with Crippen molar-refractivity contribution in [2.24, 2.45) is 7.05 Å². The van der Waals surface area contributed by atoms with Gasteiger partial charge in [-0.2, -0.15) is 0 Å². The number of hydrogen-bond donors (Lipinski definition) is 1. The predicted molar refractivity (Wildman–Crippen MR) is 100 cm³/mol. The van der Waals surface area contributed by atoms with E-state index in [0.29, 0.717) is 39.4 Å². The van der Waals surface area contributed by atoms with Gasteiger partial charge >= 0.3 is 0 Å². The number of fused-ring (bicyclic) bond motifs is 1. The van der Waals surface area contributed by atoms with Crippen LogP contribution in [0.3, 0.4) is 0 Å². The fraction of sp³-hybridized carbons (Fsp3) is 0.188. The standard InChI is InChI=1S/C16H14FN7OS2/c1-23-16(20-21-22-23)26-6-5-18-14(25)13-9-27-15-19-12(8-24(13)15)10-3-2-4-11(17)7-10/h2-4,7-9H,5-6H2,1H3,(H,18,25). The topological polar surface area (TPSA) is 90.0 Å². The summed E-state index contributed by atoms with van der Waals surface area (Å²) in [5.41, 5.74) is 1.79. The maximum Gasteiger partial charge on any atom is 0.269 e. The van der Waals surface area contributed by atoms with Crippen LogP contribution in [0.5, 0.6) is 0 Å². The largest absolute Gasteiger partial charge is 0.350 e. The molecule has 4 rings (SSSR count). The van der Waals surface area contributed by atoms with Crippen LogP contribution in [0, 0.1) is 5.82 Å². The molecule has 138 valence electrons.